The lowest BCUT2D eigenvalue weighted by atomic mass is 10.3. The van der Waals surface area contributed by atoms with E-state index in [-0.39, 0.29) is 25.6 Å². The molecule has 0 spiro atoms. The number of aliphatic carboxylic acids is 1. The molecule has 3 N–H and O–H groups in total. The van der Waals surface area contributed by atoms with Crippen LogP contribution in [0.15, 0.2) is 0 Å². The summed E-state index contributed by atoms with van der Waals surface area (Å²) < 4.78 is 4.83. The Bertz CT molecular complexity index is 371. The normalized spacial score (nSPS) is 14.6. The number of hydrogen-bond donors (Lipinski definition) is 3. The first kappa shape index (κ1) is 17.2. The van der Waals surface area contributed by atoms with Crippen molar-refractivity contribution in [1.82, 2.24) is 20.4 Å². The van der Waals surface area contributed by atoms with Crippen LogP contribution in [-0.4, -0.2) is 92.3 Å². The highest BCUT2D eigenvalue weighted by molar-refractivity contribution is 5.85. The number of carboxylic acid groups (broad SMARTS) is 1. The van der Waals surface area contributed by atoms with Crippen LogP contribution in [0.5, 0.6) is 0 Å². The molecule has 0 radical (unpaired) electrons. The summed E-state index contributed by atoms with van der Waals surface area (Å²) in [6.45, 7) is 2.49. The van der Waals surface area contributed by atoms with Crippen LogP contribution in [0.2, 0.25) is 0 Å². The van der Waals surface area contributed by atoms with Crippen molar-refractivity contribution >= 4 is 17.9 Å². The number of methoxy groups -OCH3 is 1. The van der Waals surface area contributed by atoms with Crippen LogP contribution in [0.3, 0.4) is 0 Å². The van der Waals surface area contributed by atoms with E-state index in [2.05, 4.69) is 10.6 Å². The molecule has 9 heteroatoms. The highest BCUT2D eigenvalue weighted by Gasteiger charge is 2.20. The number of hydrogen-bond acceptors (Lipinski definition) is 5. The molecule has 120 valence electrons. The minimum absolute atomic E-state index is 0.137. The Morgan fingerprint density at radius 2 is 2.00 bits per heavy atom. The van der Waals surface area contributed by atoms with Gasteiger partial charge in [0.05, 0.1) is 13.2 Å². The van der Waals surface area contributed by atoms with Gasteiger partial charge < -0.3 is 30.3 Å². The smallest absolute Gasteiger partial charge is 0.323 e. The quantitative estimate of drug-likeness (QED) is 0.510. The van der Waals surface area contributed by atoms with Crippen LogP contribution < -0.4 is 10.6 Å². The molecule has 1 saturated heterocycles. The van der Waals surface area contributed by atoms with Crippen molar-refractivity contribution < 1.29 is 24.2 Å². The molecule has 0 aromatic carbocycles. The molecule has 1 aliphatic rings. The topological polar surface area (TPSA) is 111 Å². The number of urea groups is 1. The fourth-order valence-electron chi connectivity index (χ4n) is 1.91. The zero-order valence-electron chi connectivity index (χ0n) is 12.1. The highest BCUT2D eigenvalue weighted by atomic mass is 16.5. The maximum Gasteiger partial charge on any atom is 0.323 e. The van der Waals surface area contributed by atoms with Crippen LogP contribution >= 0.6 is 0 Å². The largest absolute Gasteiger partial charge is 0.480 e. The minimum atomic E-state index is -1.12. The molecule has 0 aliphatic carbocycles. The fraction of sp³-hybridized carbons (Fsp3) is 0.750. The van der Waals surface area contributed by atoms with Gasteiger partial charge in [-0.2, -0.15) is 0 Å². The Hall–Kier alpha value is -1.87. The first-order valence-corrected chi connectivity index (χ1v) is 6.76. The van der Waals surface area contributed by atoms with Crippen LogP contribution in [0, 0.1) is 0 Å². The zero-order chi connectivity index (χ0) is 15.7. The predicted molar refractivity (Wildman–Crippen MR) is 73.9 cm³/mol. The average Bonchev–Trinajstić information content (AvgIpc) is 2.49. The summed E-state index contributed by atoms with van der Waals surface area (Å²) in [4.78, 5) is 37.2. The van der Waals surface area contributed by atoms with Gasteiger partial charge in [0, 0.05) is 39.8 Å². The van der Waals surface area contributed by atoms with Crippen molar-refractivity contribution in [2.45, 2.75) is 0 Å². The standard InChI is InChI=1S/C12H22N4O5/c1-21-7-6-16(9-11(18)19)12(20)14-8-10(17)15-4-2-13-3-5-15/h13H,2-9H2,1H3,(H,14,20)(H,18,19). The van der Waals surface area contributed by atoms with E-state index in [9.17, 15) is 14.4 Å². The van der Waals surface area contributed by atoms with E-state index in [0.29, 0.717) is 13.1 Å². The number of carboxylic acids is 1. The molecule has 3 amide bonds. The van der Waals surface area contributed by atoms with Gasteiger partial charge >= 0.3 is 12.0 Å². The summed E-state index contributed by atoms with van der Waals surface area (Å²) >= 11 is 0. The van der Waals surface area contributed by atoms with Gasteiger partial charge in [-0.15, -0.1) is 0 Å². The van der Waals surface area contributed by atoms with Gasteiger partial charge in [-0.3, -0.25) is 9.59 Å². The van der Waals surface area contributed by atoms with Crippen molar-refractivity contribution in [2.75, 3.05) is 59.5 Å². The lowest BCUT2D eigenvalue weighted by Crippen LogP contribution is -2.51. The van der Waals surface area contributed by atoms with Crippen LogP contribution in [0.1, 0.15) is 0 Å². The molecule has 1 aliphatic heterocycles. The van der Waals surface area contributed by atoms with E-state index in [0.717, 1.165) is 18.0 Å². The molecular weight excluding hydrogens is 280 g/mol. The SMILES string of the molecule is COCCN(CC(=O)O)C(=O)NCC(=O)N1CCNCC1. The minimum Gasteiger partial charge on any atom is -0.480 e. The van der Waals surface area contributed by atoms with Crippen LogP contribution in [0.4, 0.5) is 4.79 Å². The van der Waals surface area contributed by atoms with Gasteiger partial charge in [-0.05, 0) is 0 Å². The molecule has 0 bridgehead atoms. The number of nitrogens with one attached hydrogen (secondary N) is 2. The molecule has 9 nitrogen and oxygen atoms in total. The van der Waals surface area contributed by atoms with Crippen molar-refractivity contribution in [3.05, 3.63) is 0 Å². The van der Waals surface area contributed by atoms with E-state index >= 15 is 0 Å². The molecule has 0 aromatic heterocycles. The number of nitrogens with zero attached hydrogens (tertiary/aromatic N) is 2. The van der Waals surface area contributed by atoms with Gasteiger partial charge in [-0.25, -0.2) is 4.79 Å². The lowest BCUT2D eigenvalue weighted by Gasteiger charge is -2.28. The van der Waals surface area contributed by atoms with E-state index in [1.165, 1.54) is 7.11 Å². The third kappa shape index (κ3) is 6.41. The lowest BCUT2D eigenvalue weighted by molar-refractivity contribution is -0.137. The van der Waals surface area contributed by atoms with E-state index in [1.54, 1.807) is 4.90 Å². The number of ether oxygens (including phenoxy) is 1. The predicted octanol–water partition coefficient (Wildman–Crippen LogP) is -1.84. The number of amides is 3. The molecule has 1 rings (SSSR count). The van der Waals surface area contributed by atoms with E-state index in [1.807, 2.05) is 0 Å². The van der Waals surface area contributed by atoms with Gasteiger partial charge in [0.25, 0.3) is 0 Å². The number of rotatable bonds is 7. The number of carbonyl (C=O) groups excluding carboxylic acids is 2. The third-order valence-corrected chi connectivity index (χ3v) is 3.04. The summed E-state index contributed by atoms with van der Waals surface area (Å²) in [6.07, 6.45) is 0. The molecule has 0 saturated carbocycles. The van der Waals surface area contributed by atoms with Crippen molar-refractivity contribution in [3.63, 3.8) is 0 Å². The van der Waals surface area contributed by atoms with Crippen molar-refractivity contribution in [3.8, 4) is 0 Å². The average molecular weight is 302 g/mol. The first-order chi connectivity index (χ1) is 10.0. The summed E-state index contributed by atoms with van der Waals surface area (Å²) in [5, 5.41) is 14.3. The van der Waals surface area contributed by atoms with Crippen molar-refractivity contribution in [1.29, 1.82) is 0 Å². The third-order valence-electron chi connectivity index (χ3n) is 3.04. The Balaban J connectivity index is 2.40. The molecule has 0 aromatic rings. The molecular formula is C12H22N4O5. The van der Waals surface area contributed by atoms with Crippen molar-refractivity contribution in [2.24, 2.45) is 0 Å². The van der Waals surface area contributed by atoms with Gasteiger partial charge in [0.2, 0.25) is 5.91 Å². The molecule has 0 unspecified atom stereocenters. The Labute approximate surface area is 123 Å². The molecule has 21 heavy (non-hydrogen) atoms. The summed E-state index contributed by atoms with van der Waals surface area (Å²) in [5.41, 5.74) is 0. The van der Waals surface area contributed by atoms with Gasteiger partial charge in [0.15, 0.2) is 0 Å². The Morgan fingerprint density at radius 3 is 2.57 bits per heavy atom. The second-order valence-corrected chi connectivity index (χ2v) is 4.60. The molecule has 0 atom stereocenters. The maximum atomic E-state index is 11.9. The molecule has 1 fully saturated rings. The van der Waals surface area contributed by atoms with Gasteiger partial charge in [0.1, 0.15) is 6.54 Å². The molecule has 1 heterocycles. The summed E-state index contributed by atoms with van der Waals surface area (Å²) in [7, 11) is 1.46. The highest BCUT2D eigenvalue weighted by Crippen LogP contribution is 1.94. The maximum absolute atomic E-state index is 11.9. The second kappa shape index (κ2) is 9.14. The summed E-state index contributed by atoms with van der Waals surface area (Å²) in [5.74, 6) is -1.29. The zero-order valence-corrected chi connectivity index (χ0v) is 12.1. The Kier molecular flexibility index (Phi) is 7.48. The summed E-state index contributed by atoms with van der Waals surface area (Å²) in [6, 6.07) is -0.585. The Morgan fingerprint density at radius 1 is 1.33 bits per heavy atom. The van der Waals surface area contributed by atoms with Gasteiger partial charge in [-0.1, -0.05) is 0 Å². The van der Waals surface area contributed by atoms with Crippen LogP contribution in [0.25, 0.3) is 0 Å². The van der Waals surface area contributed by atoms with Crippen LogP contribution in [-0.2, 0) is 14.3 Å². The second-order valence-electron chi connectivity index (χ2n) is 4.60. The fourth-order valence-corrected chi connectivity index (χ4v) is 1.91. The number of piperazine rings is 1. The van der Waals surface area contributed by atoms with E-state index < -0.39 is 18.5 Å². The first-order valence-electron chi connectivity index (χ1n) is 6.76. The number of carbonyl (C=O) groups is 3. The van der Waals surface area contributed by atoms with E-state index in [4.69, 9.17) is 9.84 Å². The monoisotopic (exact) mass is 302 g/mol.